The van der Waals surface area contributed by atoms with Gasteiger partial charge in [0.25, 0.3) is 5.91 Å². The lowest BCUT2D eigenvalue weighted by Gasteiger charge is -2.58. The Labute approximate surface area is 253 Å². The number of nitrogens with one attached hydrogen (secondary N) is 2. The maximum atomic E-state index is 12.7. The van der Waals surface area contributed by atoms with Gasteiger partial charge in [-0.2, -0.15) is 0 Å². The molecule has 0 aromatic carbocycles. The first kappa shape index (κ1) is 32.5. The van der Waals surface area contributed by atoms with Gasteiger partial charge in [0.1, 0.15) is 17.7 Å². The minimum atomic E-state index is -1.49. The number of hydrogen-bond acceptors (Lipinski definition) is 7. The summed E-state index contributed by atoms with van der Waals surface area (Å²) in [5.41, 5.74) is 6.03. The van der Waals surface area contributed by atoms with Crippen molar-refractivity contribution in [2.75, 3.05) is 6.61 Å². The molecule has 0 aromatic rings. The van der Waals surface area contributed by atoms with Gasteiger partial charge in [-0.15, -0.1) is 6.42 Å². The number of aliphatic carboxylic acids is 1. The first-order chi connectivity index (χ1) is 20.1. The van der Waals surface area contributed by atoms with Crippen molar-refractivity contribution >= 4 is 29.4 Å². The van der Waals surface area contributed by atoms with Gasteiger partial charge in [-0.05, 0) is 86.5 Å². The van der Waals surface area contributed by atoms with Crippen molar-refractivity contribution < 1.29 is 34.2 Å². The smallest absolute Gasteiger partial charge is 0.326 e. The second-order valence-corrected chi connectivity index (χ2v) is 13.7. The van der Waals surface area contributed by atoms with Gasteiger partial charge >= 0.3 is 5.97 Å². The number of aliphatic hydroxyl groups is 1. The van der Waals surface area contributed by atoms with Gasteiger partial charge in [-0.3, -0.25) is 14.4 Å². The summed E-state index contributed by atoms with van der Waals surface area (Å²) in [4.78, 5) is 53.2. The highest BCUT2D eigenvalue weighted by Crippen LogP contribution is 2.67. The fourth-order valence-corrected chi connectivity index (χ4v) is 8.48. The Morgan fingerprint density at radius 3 is 2.44 bits per heavy atom. The highest BCUT2D eigenvalue weighted by Gasteiger charge is 2.63. The summed E-state index contributed by atoms with van der Waals surface area (Å²) in [5, 5.41) is 29.6. The van der Waals surface area contributed by atoms with Crippen LogP contribution >= 0.6 is 0 Å². The Morgan fingerprint density at radius 2 is 1.81 bits per heavy atom. The number of rotatable bonds is 10. The number of terminal acetylenes is 1. The quantitative estimate of drug-likeness (QED) is 0.189. The minimum Gasteiger partial charge on any atom is -0.480 e. The fourth-order valence-electron chi connectivity index (χ4n) is 8.48. The Bertz CT molecular complexity index is 1250. The zero-order chi connectivity index (χ0) is 31.7. The summed E-state index contributed by atoms with van der Waals surface area (Å²) in [6.45, 7) is 7.54. The van der Waals surface area contributed by atoms with Gasteiger partial charge in [0.2, 0.25) is 11.8 Å². The van der Waals surface area contributed by atoms with Crippen LogP contribution in [0.25, 0.3) is 0 Å². The maximum Gasteiger partial charge on any atom is 0.326 e. The predicted octanol–water partition coefficient (Wildman–Crippen LogP) is 2.27. The van der Waals surface area contributed by atoms with Crippen LogP contribution in [0.1, 0.15) is 85.5 Å². The molecule has 11 nitrogen and oxygen atoms in total. The van der Waals surface area contributed by atoms with E-state index in [2.05, 4.69) is 41.6 Å². The van der Waals surface area contributed by atoms with E-state index in [9.17, 15) is 29.4 Å². The highest BCUT2D eigenvalue weighted by atomic mass is 16.6. The standard InChI is InChI=1S/C32H46N4O7/c1-6-32(42)14-11-23-21-8-7-19-15-20(9-12-30(19,4)22(21)10-13-31(23,32)5)36-43-17-26(38)35-27(18(2)3)28(39)34-24(29(40)41)16-25(33)37/h1,15,18,21-24,27,42H,7-14,16-17H2,2-5H3,(H2,33,37)(H,34,39)(H,35,38)(H,40,41)/b36-20-/t21-,22+,23+,24+,27+,30+,31+,32-/m1/s1. The molecule has 43 heavy (non-hydrogen) atoms. The van der Waals surface area contributed by atoms with E-state index in [1.165, 1.54) is 5.57 Å². The zero-order valence-electron chi connectivity index (χ0n) is 25.7. The van der Waals surface area contributed by atoms with Crippen LogP contribution in [0.5, 0.6) is 0 Å². The number of amides is 3. The molecule has 0 heterocycles. The molecular formula is C32H46N4O7. The highest BCUT2D eigenvalue weighted by molar-refractivity contribution is 5.96. The van der Waals surface area contributed by atoms with E-state index in [-0.39, 0.29) is 16.7 Å². The van der Waals surface area contributed by atoms with Gasteiger partial charge in [0.05, 0.1) is 12.1 Å². The summed E-state index contributed by atoms with van der Waals surface area (Å²) in [7, 11) is 0. The normalized spacial score (nSPS) is 35.3. The number of allylic oxidation sites excluding steroid dienone is 2. The second kappa shape index (κ2) is 12.3. The third-order valence-corrected chi connectivity index (χ3v) is 11.0. The molecule has 3 amide bonds. The van der Waals surface area contributed by atoms with E-state index in [0.29, 0.717) is 30.6 Å². The number of nitrogens with two attached hydrogens (primary N) is 1. The number of primary amides is 1. The molecule has 0 aromatic heterocycles. The summed E-state index contributed by atoms with van der Waals surface area (Å²) in [6.07, 6.45) is 14.7. The van der Waals surface area contributed by atoms with Crippen LogP contribution in [0.4, 0.5) is 0 Å². The van der Waals surface area contributed by atoms with E-state index < -0.39 is 54.4 Å². The van der Waals surface area contributed by atoms with Crippen LogP contribution in [-0.2, 0) is 24.0 Å². The van der Waals surface area contributed by atoms with Gasteiger partial charge in [-0.1, -0.05) is 44.3 Å². The fraction of sp³-hybridized carbons (Fsp3) is 0.719. The van der Waals surface area contributed by atoms with Crippen LogP contribution in [-0.4, -0.2) is 63.9 Å². The average Bonchev–Trinajstić information content (AvgIpc) is 3.21. The molecule has 8 atom stereocenters. The Kier molecular flexibility index (Phi) is 9.31. The van der Waals surface area contributed by atoms with Crippen LogP contribution in [0, 0.1) is 46.8 Å². The first-order valence-corrected chi connectivity index (χ1v) is 15.4. The number of nitrogens with zero attached hydrogens (tertiary/aromatic N) is 1. The first-order valence-electron chi connectivity index (χ1n) is 15.4. The Balaban J connectivity index is 1.35. The molecule has 6 N–H and O–H groups in total. The Hall–Kier alpha value is -3.39. The number of oxime groups is 1. The van der Waals surface area contributed by atoms with Crippen LogP contribution in [0.2, 0.25) is 0 Å². The van der Waals surface area contributed by atoms with E-state index in [1.54, 1.807) is 13.8 Å². The molecule has 4 aliphatic carbocycles. The maximum absolute atomic E-state index is 12.7. The van der Waals surface area contributed by atoms with Crippen LogP contribution < -0.4 is 16.4 Å². The van der Waals surface area contributed by atoms with Crippen LogP contribution in [0.15, 0.2) is 16.8 Å². The molecule has 0 aliphatic heterocycles. The third kappa shape index (κ3) is 6.17. The number of carbonyl (C=O) groups is 4. The number of fused-ring (bicyclic) bond motifs is 5. The van der Waals surface area contributed by atoms with Crippen molar-refractivity contribution in [1.82, 2.24) is 10.6 Å². The second-order valence-electron chi connectivity index (χ2n) is 13.7. The lowest BCUT2D eigenvalue weighted by molar-refractivity contribution is -0.144. The number of carboxylic acids is 1. The van der Waals surface area contributed by atoms with Crippen LogP contribution in [0.3, 0.4) is 0 Å². The van der Waals surface area contributed by atoms with E-state index >= 15 is 0 Å². The topological polar surface area (TPSA) is 180 Å². The van der Waals surface area contributed by atoms with Crippen molar-refractivity contribution in [3.8, 4) is 12.3 Å². The summed E-state index contributed by atoms with van der Waals surface area (Å²) >= 11 is 0. The molecule has 11 heteroatoms. The van der Waals surface area contributed by atoms with Crippen molar-refractivity contribution in [1.29, 1.82) is 0 Å². The van der Waals surface area contributed by atoms with Gasteiger partial charge in [-0.25, -0.2) is 4.79 Å². The van der Waals surface area contributed by atoms with E-state index in [4.69, 9.17) is 17.0 Å². The molecule has 0 unspecified atom stereocenters. The zero-order valence-corrected chi connectivity index (χ0v) is 25.7. The van der Waals surface area contributed by atoms with Crippen molar-refractivity contribution in [2.24, 2.45) is 45.4 Å². The lowest BCUT2D eigenvalue weighted by atomic mass is 9.46. The third-order valence-electron chi connectivity index (χ3n) is 11.0. The lowest BCUT2D eigenvalue weighted by Crippen LogP contribution is -2.54. The molecule has 236 valence electrons. The molecule has 0 spiro atoms. The van der Waals surface area contributed by atoms with Gasteiger partial charge < -0.3 is 31.4 Å². The number of carboxylic acid groups (broad SMARTS) is 1. The SMILES string of the molecule is C#C[C@@]1(O)CC[C@H]2[C@@H]3CCC4=C/C(=N\OCC(=O)N[C@H](C(=O)N[C@@H](CC(N)=O)C(=O)O)C(C)C)CC[C@]4(C)[C@H]3CC[C@@]21C. The molecule has 0 bridgehead atoms. The van der Waals surface area contributed by atoms with E-state index in [1.807, 2.05) is 0 Å². The van der Waals surface area contributed by atoms with Crippen molar-refractivity contribution in [2.45, 2.75) is 103 Å². The minimum absolute atomic E-state index is 0.0532. The molecule has 3 fully saturated rings. The van der Waals surface area contributed by atoms with Crippen molar-refractivity contribution in [3.05, 3.63) is 11.6 Å². The molecule has 4 aliphatic rings. The number of carbonyl (C=O) groups excluding carboxylic acids is 3. The number of hydrogen-bond donors (Lipinski definition) is 5. The van der Waals surface area contributed by atoms with Gasteiger partial charge in [0.15, 0.2) is 6.61 Å². The molecule has 3 saturated carbocycles. The molecule has 0 saturated heterocycles. The summed E-state index contributed by atoms with van der Waals surface area (Å²) in [5.74, 6) is 0.285. The Morgan fingerprint density at radius 1 is 1.12 bits per heavy atom. The molecule has 0 radical (unpaired) electrons. The molecular weight excluding hydrogens is 552 g/mol. The van der Waals surface area contributed by atoms with Crippen molar-refractivity contribution in [3.63, 3.8) is 0 Å². The molecule has 4 rings (SSSR count). The van der Waals surface area contributed by atoms with Gasteiger partial charge in [0, 0.05) is 5.41 Å². The monoisotopic (exact) mass is 598 g/mol. The van der Waals surface area contributed by atoms with E-state index in [0.717, 1.165) is 44.2 Å². The summed E-state index contributed by atoms with van der Waals surface area (Å²) < 4.78 is 0. The average molecular weight is 599 g/mol. The summed E-state index contributed by atoms with van der Waals surface area (Å²) in [6, 6.07) is -2.53. The largest absolute Gasteiger partial charge is 0.480 e. The predicted molar refractivity (Wildman–Crippen MR) is 159 cm³/mol.